The molecule has 0 radical (unpaired) electrons. The number of halogens is 1. The third-order valence-electron chi connectivity index (χ3n) is 3.74. The van der Waals surface area contributed by atoms with Crippen LogP contribution in [-0.2, 0) is 6.54 Å². The van der Waals surface area contributed by atoms with E-state index < -0.39 is 0 Å². The third-order valence-corrected chi connectivity index (χ3v) is 4.11. The maximum absolute atomic E-state index is 10.8. The molecule has 1 aliphatic rings. The molecular weight excluding hydrogens is 264 g/mol. The van der Waals surface area contributed by atoms with Crippen molar-refractivity contribution in [3.8, 4) is 0 Å². The molecule has 1 aromatic carbocycles. The number of rotatable bonds is 3. The largest absolute Gasteiger partial charge is 0.299 e. The van der Waals surface area contributed by atoms with Crippen LogP contribution in [0.15, 0.2) is 18.2 Å². The van der Waals surface area contributed by atoms with Gasteiger partial charge in [-0.3, -0.25) is 15.0 Å². The molecule has 5 heteroatoms. The first kappa shape index (κ1) is 14.3. The topological polar surface area (TPSA) is 46.4 Å². The van der Waals surface area contributed by atoms with E-state index in [-0.39, 0.29) is 10.6 Å². The summed E-state index contributed by atoms with van der Waals surface area (Å²) in [5.74, 6) is 0.769. The minimum Gasteiger partial charge on any atom is -0.299 e. The van der Waals surface area contributed by atoms with Crippen molar-refractivity contribution >= 4 is 17.3 Å². The van der Waals surface area contributed by atoms with Crippen molar-refractivity contribution in [2.75, 3.05) is 13.1 Å². The number of nitro groups is 1. The van der Waals surface area contributed by atoms with E-state index in [0.29, 0.717) is 11.6 Å². The van der Waals surface area contributed by atoms with Crippen molar-refractivity contribution in [1.82, 2.24) is 4.90 Å². The first-order valence-corrected chi connectivity index (χ1v) is 7.09. The van der Waals surface area contributed by atoms with E-state index in [4.69, 9.17) is 11.6 Å². The van der Waals surface area contributed by atoms with Crippen LogP contribution in [0.1, 0.15) is 31.7 Å². The fraction of sp³-hybridized carbons (Fsp3) is 0.571. The lowest BCUT2D eigenvalue weighted by atomic mass is 10.0. The molecule has 0 N–H and O–H groups in total. The maximum atomic E-state index is 10.8. The van der Waals surface area contributed by atoms with Crippen molar-refractivity contribution in [2.24, 2.45) is 5.92 Å². The predicted octanol–water partition coefficient (Wildman–Crippen LogP) is 3.87. The molecule has 1 unspecified atom stereocenters. The van der Waals surface area contributed by atoms with Gasteiger partial charge in [0.1, 0.15) is 0 Å². The minimum atomic E-state index is -0.371. The smallest absolute Gasteiger partial charge is 0.269 e. The average molecular weight is 283 g/mol. The molecular formula is C14H19ClN2O2. The van der Waals surface area contributed by atoms with Gasteiger partial charge in [-0.1, -0.05) is 18.5 Å². The monoisotopic (exact) mass is 282 g/mol. The normalized spacial score (nSPS) is 21.1. The Labute approximate surface area is 118 Å². The predicted molar refractivity (Wildman–Crippen MR) is 76.4 cm³/mol. The Kier molecular flexibility index (Phi) is 4.77. The van der Waals surface area contributed by atoms with Crippen LogP contribution < -0.4 is 0 Å². The summed E-state index contributed by atoms with van der Waals surface area (Å²) in [5.41, 5.74) is 0.966. The summed E-state index contributed by atoms with van der Waals surface area (Å²) >= 11 is 6.14. The summed E-state index contributed by atoms with van der Waals surface area (Å²) in [5, 5.41) is 11.4. The highest BCUT2D eigenvalue weighted by Gasteiger charge is 2.16. The van der Waals surface area contributed by atoms with Gasteiger partial charge in [0.15, 0.2) is 0 Å². The molecule has 1 saturated heterocycles. The minimum absolute atomic E-state index is 0.114. The van der Waals surface area contributed by atoms with Crippen molar-refractivity contribution in [1.29, 1.82) is 0 Å². The molecule has 1 aliphatic heterocycles. The lowest BCUT2D eigenvalue weighted by Crippen LogP contribution is -2.24. The quantitative estimate of drug-likeness (QED) is 0.624. The van der Waals surface area contributed by atoms with Crippen molar-refractivity contribution in [2.45, 2.75) is 32.7 Å². The van der Waals surface area contributed by atoms with Crippen LogP contribution in [0.25, 0.3) is 0 Å². The van der Waals surface area contributed by atoms with Crippen molar-refractivity contribution < 1.29 is 4.92 Å². The molecule has 0 spiro atoms. The number of benzene rings is 1. The molecule has 1 heterocycles. The highest BCUT2D eigenvalue weighted by Crippen LogP contribution is 2.25. The van der Waals surface area contributed by atoms with E-state index in [1.165, 1.54) is 25.3 Å². The molecule has 1 aromatic rings. The molecule has 1 fully saturated rings. The second kappa shape index (κ2) is 6.35. The number of nitrogens with zero attached hydrogens (tertiary/aromatic N) is 2. The lowest BCUT2D eigenvalue weighted by Gasteiger charge is -2.20. The highest BCUT2D eigenvalue weighted by atomic mass is 35.5. The van der Waals surface area contributed by atoms with Crippen LogP contribution in [0.3, 0.4) is 0 Å². The van der Waals surface area contributed by atoms with Gasteiger partial charge >= 0.3 is 0 Å². The Hall–Kier alpha value is -1.13. The van der Waals surface area contributed by atoms with E-state index >= 15 is 0 Å². The Morgan fingerprint density at radius 1 is 1.42 bits per heavy atom. The van der Waals surface area contributed by atoms with Gasteiger partial charge in [0, 0.05) is 23.7 Å². The fourth-order valence-electron chi connectivity index (χ4n) is 2.52. The van der Waals surface area contributed by atoms with E-state index in [2.05, 4.69) is 11.8 Å². The second-order valence-corrected chi connectivity index (χ2v) is 5.75. The fourth-order valence-corrected chi connectivity index (χ4v) is 2.69. The van der Waals surface area contributed by atoms with Crippen LogP contribution in [0.4, 0.5) is 5.69 Å². The molecule has 0 aromatic heterocycles. The Morgan fingerprint density at radius 2 is 2.21 bits per heavy atom. The van der Waals surface area contributed by atoms with Crippen molar-refractivity contribution in [3.05, 3.63) is 38.9 Å². The first-order chi connectivity index (χ1) is 9.06. The molecule has 0 bridgehead atoms. The molecule has 19 heavy (non-hydrogen) atoms. The Bertz CT molecular complexity index is 465. The van der Waals surface area contributed by atoms with Crippen molar-refractivity contribution in [3.63, 3.8) is 0 Å². The van der Waals surface area contributed by atoms with Gasteiger partial charge < -0.3 is 0 Å². The van der Waals surface area contributed by atoms with Crippen LogP contribution in [0, 0.1) is 16.0 Å². The zero-order chi connectivity index (χ0) is 13.8. The molecule has 104 valence electrons. The van der Waals surface area contributed by atoms with Gasteiger partial charge in [-0.2, -0.15) is 0 Å². The summed E-state index contributed by atoms with van der Waals surface area (Å²) in [6.07, 6.45) is 3.64. The number of hydrogen-bond acceptors (Lipinski definition) is 3. The number of hydrogen-bond donors (Lipinski definition) is 0. The zero-order valence-electron chi connectivity index (χ0n) is 11.1. The molecule has 0 amide bonds. The zero-order valence-corrected chi connectivity index (χ0v) is 11.9. The molecule has 1 atom stereocenters. The van der Waals surface area contributed by atoms with Gasteiger partial charge in [0.05, 0.1) is 4.92 Å². The number of likely N-dealkylation sites (tertiary alicyclic amines) is 1. The van der Waals surface area contributed by atoms with Gasteiger partial charge in [-0.05, 0) is 49.9 Å². The van der Waals surface area contributed by atoms with Crippen LogP contribution in [0.5, 0.6) is 0 Å². The van der Waals surface area contributed by atoms with Gasteiger partial charge in [-0.15, -0.1) is 0 Å². The summed E-state index contributed by atoms with van der Waals surface area (Å²) in [6, 6.07) is 4.67. The number of nitro benzene ring substituents is 1. The Morgan fingerprint density at radius 3 is 2.95 bits per heavy atom. The van der Waals surface area contributed by atoms with Crippen LogP contribution >= 0.6 is 11.6 Å². The van der Waals surface area contributed by atoms with Gasteiger partial charge in [-0.25, -0.2) is 0 Å². The lowest BCUT2D eigenvalue weighted by molar-refractivity contribution is -0.384. The second-order valence-electron chi connectivity index (χ2n) is 5.35. The van der Waals surface area contributed by atoms with E-state index in [0.717, 1.165) is 24.6 Å². The molecule has 0 aliphatic carbocycles. The maximum Gasteiger partial charge on any atom is 0.269 e. The highest BCUT2D eigenvalue weighted by molar-refractivity contribution is 6.31. The summed E-state index contributed by atoms with van der Waals surface area (Å²) < 4.78 is 0. The first-order valence-electron chi connectivity index (χ1n) is 6.71. The summed E-state index contributed by atoms with van der Waals surface area (Å²) in [6.45, 7) is 5.07. The van der Waals surface area contributed by atoms with Gasteiger partial charge in [0.25, 0.3) is 5.69 Å². The Balaban J connectivity index is 2.09. The summed E-state index contributed by atoms with van der Waals surface area (Å²) in [7, 11) is 0. The van der Waals surface area contributed by atoms with E-state index in [1.54, 1.807) is 12.1 Å². The summed E-state index contributed by atoms with van der Waals surface area (Å²) in [4.78, 5) is 12.8. The molecule has 2 rings (SSSR count). The standard InChI is InChI=1S/C14H19ClN2O2/c1-11-3-2-7-16(8-6-11)10-12-9-13(17(18)19)4-5-14(12)15/h4-5,9,11H,2-3,6-8,10H2,1H3. The molecule has 0 saturated carbocycles. The van der Waals surface area contributed by atoms with E-state index in [1.807, 2.05) is 0 Å². The van der Waals surface area contributed by atoms with E-state index in [9.17, 15) is 10.1 Å². The van der Waals surface area contributed by atoms with Gasteiger partial charge in [0.2, 0.25) is 0 Å². The molecule has 4 nitrogen and oxygen atoms in total. The number of non-ortho nitro benzene ring substituents is 1. The third kappa shape index (κ3) is 3.91. The van der Waals surface area contributed by atoms with Crippen LogP contribution in [-0.4, -0.2) is 22.9 Å². The van der Waals surface area contributed by atoms with Crippen LogP contribution in [0.2, 0.25) is 5.02 Å². The average Bonchev–Trinajstić information content (AvgIpc) is 2.57. The SMILES string of the molecule is CC1CCCN(Cc2cc([N+](=O)[O-])ccc2Cl)CC1.